The van der Waals surface area contributed by atoms with Gasteiger partial charge in [0.1, 0.15) is 24.6 Å². The Morgan fingerprint density at radius 3 is 2.67 bits per heavy atom. The molecular weight excluding hydrogens is 390 g/mol. The summed E-state index contributed by atoms with van der Waals surface area (Å²) in [6.07, 6.45) is 6.90. The second kappa shape index (κ2) is 10.2. The number of nitrogens with one attached hydrogen (secondary N) is 1. The van der Waals surface area contributed by atoms with Crippen molar-refractivity contribution in [3.63, 3.8) is 0 Å². The lowest BCUT2D eigenvalue weighted by molar-refractivity contribution is -0.120. The van der Waals surface area contributed by atoms with E-state index in [-0.39, 0.29) is 5.56 Å². The highest BCUT2D eigenvalue weighted by molar-refractivity contribution is 5.80. The zero-order valence-electron chi connectivity index (χ0n) is 16.8. The summed E-state index contributed by atoms with van der Waals surface area (Å²) < 4.78 is 27.0. The normalized spacial score (nSPS) is 14.4. The summed E-state index contributed by atoms with van der Waals surface area (Å²) in [6.45, 7) is -0.316. The highest BCUT2D eigenvalue weighted by Gasteiger charge is 2.23. The molecule has 1 fully saturated rings. The average Bonchev–Trinajstić information content (AvgIpc) is 3.24. The van der Waals surface area contributed by atoms with Crippen LogP contribution in [-0.2, 0) is 18.0 Å². The molecule has 0 spiro atoms. The monoisotopic (exact) mass is 414 g/mol. The molecule has 0 atom stereocenters. The molecule has 1 aliphatic rings. The van der Waals surface area contributed by atoms with E-state index < -0.39 is 12.5 Å². The number of aromatic nitrogens is 3. The lowest BCUT2D eigenvalue weighted by Crippen LogP contribution is -2.13. The molecule has 0 aliphatic heterocycles. The van der Waals surface area contributed by atoms with Crippen LogP contribution >= 0.6 is 0 Å². The Balaban J connectivity index is 0.000000187. The first kappa shape index (κ1) is 21.7. The molecular formula is C22H24F2N4O2. The lowest BCUT2D eigenvalue weighted by atomic mass is 9.83. The van der Waals surface area contributed by atoms with E-state index in [1.165, 1.54) is 12.4 Å². The van der Waals surface area contributed by atoms with Gasteiger partial charge in [-0.2, -0.15) is 5.10 Å². The molecule has 3 aromatic rings. The average molecular weight is 414 g/mol. The predicted octanol–water partition coefficient (Wildman–Crippen LogP) is 3.78. The van der Waals surface area contributed by atoms with Crippen LogP contribution in [0.5, 0.6) is 0 Å². The number of hydrogen-bond donors (Lipinski definition) is 1. The van der Waals surface area contributed by atoms with Gasteiger partial charge in [-0.1, -0.05) is 18.2 Å². The predicted molar refractivity (Wildman–Crippen MR) is 109 cm³/mol. The number of alkyl halides is 1. The minimum absolute atomic E-state index is 0.128. The minimum atomic E-state index is -0.747. The molecule has 1 saturated carbocycles. The van der Waals surface area contributed by atoms with Gasteiger partial charge in [0.25, 0.3) is 0 Å². The Kier molecular flexibility index (Phi) is 7.35. The molecule has 2 aromatic heterocycles. The zero-order chi connectivity index (χ0) is 21.5. The Hall–Kier alpha value is -3.00. The first-order valence-corrected chi connectivity index (χ1v) is 9.84. The Labute approximate surface area is 173 Å². The summed E-state index contributed by atoms with van der Waals surface area (Å²) in [5.74, 6) is 0.193. The van der Waals surface area contributed by atoms with Crippen LogP contribution in [0, 0.1) is 5.82 Å². The number of aldehydes is 1. The van der Waals surface area contributed by atoms with Gasteiger partial charge in [-0.3, -0.25) is 9.59 Å². The van der Waals surface area contributed by atoms with Crippen LogP contribution < -0.4 is 5.32 Å². The van der Waals surface area contributed by atoms with E-state index in [1.54, 1.807) is 29.9 Å². The van der Waals surface area contributed by atoms with Crippen molar-refractivity contribution in [2.24, 2.45) is 0 Å². The third-order valence-corrected chi connectivity index (χ3v) is 5.21. The van der Waals surface area contributed by atoms with Crippen molar-refractivity contribution in [2.75, 3.05) is 7.05 Å². The van der Waals surface area contributed by atoms with E-state index in [4.69, 9.17) is 0 Å². The number of carbonyl (C=O) groups excluding carboxylic acids is 2. The number of hydrogen-bond acceptors (Lipinski definition) is 5. The van der Waals surface area contributed by atoms with Crippen LogP contribution in [-0.4, -0.2) is 33.7 Å². The Bertz CT molecular complexity index is 1030. The van der Waals surface area contributed by atoms with Gasteiger partial charge in [0, 0.05) is 47.8 Å². The molecule has 6 nitrogen and oxygen atoms in total. The van der Waals surface area contributed by atoms with E-state index in [1.807, 2.05) is 6.07 Å². The number of Topliss-reactive ketones (excluding diaryl/α,β-unsaturated/α-hetero) is 1. The summed E-state index contributed by atoms with van der Waals surface area (Å²) in [5.41, 5.74) is 3.06. The molecule has 0 amide bonds. The van der Waals surface area contributed by atoms with Gasteiger partial charge in [0.15, 0.2) is 11.9 Å². The maximum atomic E-state index is 13.2. The summed E-state index contributed by atoms with van der Waals surface area (Å²) in [7, 11) is 1.72. The van der Waals surface area contributed by atoms with Crippen LogP contribution in [0.4, 0.5) is 8.78 Å². The first-order valence-electron chi connectivity index (χ1n) is 9.84. The van der Waals surface area contributed by atoms with Crippen LogP contribution in [0.2, 0.25) is 0 Å². The molecule has 0 radical (unpaired) electrons. The molecule has 1 N–H and O–H groups in total. The Morgan fingerprint density at radius 1 is 1.27 bits per heavy atom. The minimum Gasteiger partial charge on any atom is -0.316 e. The molecule has 30 heavy (non-hydrogen) atoms. The molecule has 8 heteroatoms. The van der Waals surface area contributed by atoms with Crippen molar-refractivity contribution >= 4 is 17.7 Å². The van der Waals surface area contributed by atoms with Crippen molar-refractivity contribution in [3.05, 3.63) is 64.9 Å². The number of pyridine rings is 1. The van der Waals surface area contributed by atoms with E-state index in [0.717, 1.165) is 30.3 Å². The second-order valence-electron chi connectivity index (χ2n) is 7.24. The maximum Gasteiger partial charge on any atom is 0.158 e. The largest absolute Gasteiger partial charge is 0.316 e. The highest BCUT2D eigenvalue weighted by Crippen LogP contribution is 2.33. The quantitative estimate of drug-likeness (QED) is 0.643. The highest BCUT2D eigenvalue weighted by atomic mass is 19.1. The SMILES string of the molecule is CNCc1cccc(CF)c1F.O=Cc1cc(C2CCC(=O)CC2)c2ncnn2c1. The standard InChI is InChI=1S/C13H13N3O2.C9H11F2N/c17-7-9-5-12(10-1-3-11(18)4-2-10)13-14-8-15-16(13)6-9;1-12-6-8-4-2-3-7(5-10)9(8)11/h5-8,10H,1-4H2;2-4,12H,5-6H2,1H3. The Morgan fingerprint density at radius 2 is 2.00 bits per heavy atom. The van der Waals surface area contributed by atoms with Crippen molar-refractivity contribution in [1.82, 2.24) is 19.9 Å². The number of ketones is 1. The number of rotatable bonds is 5. The molecule has 0 bridgehead atoms. The van der Waals surface area contributed by atoms with Gasteiger partial charge in [-0.25, -0.2) is 18.3 Å². The number of fused-ring (bicyclic) bond motifs is 1. The topological polar surface area (TPSA) is 76.4 Å². The third-order valence-electron chi connectivity index (χ3n) is 5.21. The fourth-order valence-corrected chi connectivity index (χ4v) is 3.65. The fraction of sp³-hybridized carbons (Fsp3) is 0.364. The van der Waals surface area contributed by atoms with Gasteiger partial charge < -0.3 is 5.32 Å². The van der Waals surface area contributed by atoms with Crippen LogP contribution in [0.15, 0.2) is 36.8 Å². The first-order chi connectivity index (χ1) is 14.6. The van der Waals surface area contributed by atoms with Gasteiger partial charge in [-0.05, 0) is 31.9 Å². The van der Waals surface area contributed by atoms with Crippen molar-refractivity contribution in [2.45, 2.75) is 44.8 Å². The third kappa shape index (κ3) is 4.94. The zero-order valence-corrected chi connectivity index (χ0v) is 16.8. The van der Waals surface area contributed by atoms with E-state index in [0.29, 0.717) is 42.2 Å². The van der Waals surface area contributed by atoms with E-state index in [9.17, 15) is 18.4 Å². The summed E-state index contributed by atoms with van der Waals surface area (Å²) >= 11 is 0. The van der Waals surface area contributed by atoms with Gasteiger partial charge in [0.2, 0.25) is 0 Å². The van der Waals surface area contributed by atoms with Crippen LogP contribution in [0.1, 0.15) is 58.6 Å². The molecule has 1 aromatic carbocycles. The number of benzene rings is 1. The number of carbonyl (C=O) groups is 2. The van der Waals surface area contributed by atoms with Crippen LogP contribution in [0.25, 0.3) is 5.65 Å². The van der Waals surface area contributed by atoms with Crippen molar-refractivity contribution < 1.29 is 18.4 Å². The number of nitrogens with zero attached hydrogens (tertiary/aromatic N) is 3. The van der Waals surface area contributed by atoms with Crippen molar-refractivity contribution in [3.8, 4) is 0 Å². The number of halogens is 2. The summed E-state index contributed by atoms with van der Waals surface area (Å²) in [5, 5.41) is 6.89. The smallest absolute Gasteiger partial charge is 0.158 e. The van der Waals surface area contributed by atoms with Gasteiger partial charge >= 0.3 is 0 Å². The molecule has 0 unspecified atom stereocenters. The van der Waals surface area contributed by atoms with Gasteiger partial charge in [0.05, 0.1) is 0 Å². The lowest BCUT2D eigenvalue weighted by Gasteiger charge is -2.21. The fourth-order valence-electron chi connectivity index (χ4n) is 3.65. The molecule has 4 rings (SSSR count). The summed E-state index contributed by atoms with van der Waals surface area (Å²) in [4.78, 5) is 26.5. The van der Waals surface area contributed by atoms with E-state index in [2.05, 4.69) is 15.4 Å². The molecule has 2 heterocycles. The van der Waals surface area contributed by atoms with Crippen LogP contribution in [0.3, 0.4) is 0 Å². The molecule has 1 aliphatic carbocycles. The second-order valence-corrected chi connectivity index (χ2v) is 7.24. The van der Waals surface area contributed by atoms with Gasteiger partial charge in [-0.15, -0.1) is 0 Å². The molecule has 158 valence electrons. The molecule has 0 saturated heterocycles. The van der Waals surface area contributed by atoms with E-state index >= 15 is 0 Å². The van der Waals surface area contributed by atoms with Crippen molar-refractivity contribution in [1.29, 1.82) is 0 Å². The summed E-state index contributed by atoms with van der Waals surface area (Å²) in [6, 6.07) is 6.63. The maximum absolute atomic E-state index is 13.2.